The number of fused-ring (bicyclic) bond motifs is 1. The summed E-state index contributed by atoms with van der Waals surface area (Å²) in [6.07, 6.45) is 4.10. The number of nitrogens with zero attached hydrogens (tertiary/aromatic N) is 5. The van der Waals surface area contributed by atoms with Gasteiger partial charge >= 0.3 is 0 Å². The van der Waals surface area contributed by atoms with E-state index < -0.39 is 0 Å². The van der Waals surface area contributed by atoms with Gasteiger partial charge in [-0.2, -0.15) is 0 Å². The molecule has 0 aliphatic carbocycles. The number of piperazine rings is 1. The first-order valence-electron chi connectivity index (χ1n) is 12.1. The Labute approximate surface area is 212 Å². The van der Waals surface area contributed by atoms with Crippen molar-refractivity contribution >= 4 is 39.7 Å². The molecule has 0 radical (unpaired) electrons. The van der Waals surface area contributed by atoms with Crippen molar-refractivity contribution in [1.29, 1.82) is 0 Å². The van der Waals surface area contributed by atoms with Crippen molar-refractivity contribution in [2.24, 2.45) is 0 Å². The molecule has 2 aromatic heterocycles. The number of amides is 2. The van der Waals surface area contributed by atoms with E-state index in [4.69, 9.17) is 0 Å². The van der Waals surface area contributed by atoms with Crippen LogP contribution in [0.1, 0.15) is 23.1 Å². The van der Waals surface area contributed by atoms with Crippen LogP contribution in [0.15, 0.2) is 66.3 Å². The monoisotopic (exact) mass is 503 g/mol. The first-order valence-corrected chi connectivity index (χ1v) is 13.0. The number of halogens is 1. The number of benzene rings is 2. The molecule has 2 aliphatic rings. The van der Waals surface area contributed by atoms with Crippen molar-refractivity contribution in [3.8, 4) is 5.69 Å². The van der Waals surface area contributed by atoms with E-state index in [-0.39, 0.29) is 29.7 Å². The summed E-state index contributed by atoms with van der Waals surface area (Å²) in [5, 5.41) is 3.37. The number of anilines is 1. The van der Waals surface area contributed by atoms with E-state index >= 15 is 0 Å². The highest BCUT2D eigenvalue weighted by Gasteiger charge is 2.38. The van der Waals surface area contributed by atoms with Gasteiger partial charge in [-0.05, 0) is 55.5 Å². The molecule has 0 N–H and O–H groups in total. The van der Waals surface area contributed by atoms with E-state index in [0.29, 0.717) is 24.5 Å². The Hall–Kier alpha value is -3.56. The van der Waals surface area contributed by atoms with Gasteiger partial charge < -0.3 is 14.4 Å². The second-order valence-corrected chi connectivity index (χ2v) is 10.3. The second kappa shape index (κ2) is 9.15. The normalized spacial score (nSPS) is 21.0. The van der Waals surface area contributed by atoms with E-state index in [9.17, 15) is 14.0 Å². The first kappa shape index (κ1) is 22.9. The van der Waals surface area contributed by atoms with E-state index in [1.54, 1.807) is 18.3 Å². The lowest BCUT2D eigenvalue weighted by molar-refractivity contribution is -0.117. The minimum Gasteiger partial charge on any atom is -0.331 e. The van der Waals surface area contributed by atoms with E-state index in [1.807, 2.05) is 50.2 Å². The fourth-order valence-electron chi connectivity index (χ4n) is 5.38. The molecule has 6 rings (SSSR count). The van der Waals surface area contributed by atoms with Crippen molar-refractivity contribution in [2.75, 3.05) is 31.1 Å². The third-order valence-electron chi connectivity index (χ3n) is 7.25. The maximum absolute atomic E-state index is 13.3. The Morgan fingerprint density at radius 2 is 1.86 bits per heavy atom. The third-order valence-corrected chi connectivity index (χ3v) is 8.01. The molecule has 7 nitrogen and oxygen atoms in total. The van der Waals surface area contributed by atoms with Crippen LogP contribution in [0.4, 0.5) is 10.1 Å². The highest BCUT2D eigenvalue weighted by atomic mass is 32.1. The molecule has 4 aromatic rings. The number of carbonyl (C=O) groups excluding carboxylic acids is 2. The van der Waals surface area contributed by atoms with Gasteiger partial charge in [-0.15, -0.1) is 11.3 Å². The Kier molecular flexibility index (Phi) is 5.81. The van der Waals surface area contributed by atoms with Crippen molar-refractivity contribution in [3.63, 3.8) is 0 Å². The molecular weight excluding hydrogens is 477 g/mol. The lowest BCUT2D eigenvalue weighted by Gasteiger charge is -2.41. The zero-order chi connectivity index (χ0) is 24.8. The fraction of sp³-hybridized carbons (Fsp3) is 0.296. The zero-order valence-electron chi connectivity index (χ0n) is 19.9. The highest BCUT2D eigenvalue weighted by Crippen LogP contribution is 2.30. The van der Waals surface area contributed by atoms with Gasteiger partial charge in [0.05, 0.1) is 5.52 Å². The molecule has 2 amide bonds. The van der Waals surface area contributed by atoms with Gasteiger partial charge in [-0.25, -0.2) is 9.37 Å². The van der Waals surface area contributed by atoms with Gasteiger partial charge in [0, 0.05) is 79.2 Å². The second-order valence-electron chi connectivity index (χ2n) is 9.45. The van der Waals surface area contributed by atoms with Crippen molar-refractivity contribution in [2.45, 2.75) is 25.4 Å². The predicted molar refractivity (Wildman–Crippen MR) is 138 cm³/mol. The number of rotatable bonds is 4. The summed E-state index contributed by atoms with van der Waals surface area (Å²) in [4.78, 5) is 36.1. The van der Waals surface area contributed by atoms with Crippen LogP contribution in [-0.4, -0.2) is 69.4 Å². The molecule has 184 valence electrons. The SMILES string of the molecule is C[C@H]1CN(C2CC(=O)N(c3ccc4c(ccn4-c4ccc(F)cc4)c3)C2)CCN1C(=O)c1nccs1. The maximum Gasteiger partial charge on any atom is 0.283 e. The number of aromatic nitrogens is 2. The Morgan fingerprint density at radius 3 is 2.61 bits per heavy atom. The average molecular weight is 504 g/mol. The van der Waals surface area contributed by atoms with Gasteiger partial charge in [-0.1, -0.05) is 0 Å². The van der Waals surface area contributed by atoms with Gasteiger partial charge in [0.2, 0.25) is 5.91 Å². The first-order chi connectivity index (χ1) is 17.5. The Morgan fingerprint density at radius 1 is 1.06 bits per heavy atom. The summed E-state index contributed by atoms with van der Waals surface area (Å²) in [6, 6.07) is 14.6. The van der Waals surface area contributed by atoms with Crippen molar-refractivity contribution in [3.05, 3.63) is 77.1 Å². The molecule has 2 fully saturated rings. The standard InChI is InChI=1S/C27H26FN5O2S/c1-18-16-30(11-12-31(18)27(35)26-29-9-13-36-26)23-15-25(34)33(17-23)22-6-7-24-19(14-22)8-10-32(24)21-4-2-20(28)3-5-21/h2-10,13-14,18,23H,11-12,15-17H2,1H3/t18-,23?/m0/s1. The Balaban J connectivity index is 1.15. The molecular formula is C27H26FN5O2S. The molecule has 2 saturated heterocycles. The Bertz CT molecular complexity index is 1420. The van der Waals surface area contributed by atoms with Crippen LogP contribution in [0.5, 0.6) is 0 Å². The predicted octanol–water partition coefficient (Wildman–Crippen LogP) is 4.18. The summed E-state index contributed by atoms with van der Waals surface area (Å²) in [5.74, 6) is -0.157. The van der Waals surface area contributed by atoms with E-state index in [0.717, 1.165) is 35.4 Å². The van der Waals surface area contributed by atoms with Gasteiger partial charge in [0.25, 0.3) is 5.91 Å². The number of thiazole rings is 1. The summed E-state index contributed by atoms with van der Waals surface area (Å²) in [5.41, 5.74) is 2.78. The van der Waals surface area contributed by atoms with Crippen LogP contribution >= 0.6 is 11.3 Å². The number of hydrogen-bond acceptors (Lipinski definition) is 5. The summed E-state index contributed by atoms with van der Waals surface area (Å²) < 4.78 is 15.4. The molecule has 2 atom stereocenters. The molecule has 0 bridgehead atoms. The van der Waals surface area contributed by atoms with Crippen LogP contribution in [0.3, 0.4) is 0 Å². The largest absolute Gasteiger partial charge is 0.331 e. The van der Waals surface area contributed by atoms with Crippen LogP contribution < -0.4 is 4.90 Å². The third kappa shape index (κ3) is 4.08. The molecule has 4 heterocycles. The molecule has 0 spiro atoms. The molecule has 2 aromatic carbocycles. The number of hydrogen-bond donors (Lipinski definition) is 0. The van der Waals surface area contributed by atoms with Crippen LogP contribution in [0.25, 0.3) is 16.6 Å². The topological polar surface area (TPSA) is 61.7 Å². The van der Waals surface area contributed by atoms with Crippen molar-refractivity contribution in [1.82, 2.24) is 19.4 Å². The minimum atomic E-state index is -0.262. The van der Waals surface area contributed by atoms with Gasteiger partial charge in [0.15, 0.2) is 5.01 Å². The van der Waals surface area contributed by atoms with Crippen LogP contribution in [-0.2, 0) is 4.79 Å². The van der Waals surface area contributed by atoms with Crippen LogP contribution in [0, 0.1) is 5.82 Å². The van der Waals surface area contributed by atoms with Gasteiger partial charge in [0.1, 0.15) is 5.82 Å². The quantitative estimate of drug-likeness (QED) is 0.419. The molecule has 2 aliphatic heterocycles. The van der Waals surface area contributed by atoms with Crippen LogP contribution in [0.2, 0.25) is 0 Å². The molecule has 9 heteroatoms. The average Bonchev–Trinajstić information content (AvgIpc) is 3.64. The zero-order valence-corrected chi connectivity index (χ0v) is 20.7. The van der Waals surface area contributed by atoms with Crippen molar-refractivity contribution < 1.29 is 14.0 Å². The minimum absolute atomic E-state index is 0.0119. The summed E-state index contributed by atoms with van der Waals surface area (Å²) >= 11 is 1.37. The maximum atomic E-state index is 13.3. The lowest BCUT2D eigenvalue weighted by Crippen LogP contribution is -2.56. The summed E-state index contributed by atoms with van der Waals surface area (Å²) in [6.45, 7) is 4.81. The van der Waals surface area contributed by atoms with Gasteiger partial charge in [-0.3, -0.25) is 14.5 Å². The van der Waals surface area contributed by atoms with E-state index in [2.05, 4.69) is 16.8 Å². The molecule has 1 unspecified atom stereocenters. The summed E-state index contributed by atoms with van der Waals surface area (Å²) in [7, 11) is 0. The smallest absolute Gasteiger partial charge is 0.283 e. The highest BCUT2D eigenvalue weighted by molar-refractivity contribution is 7.11. The molecule has 0 saturated carbocycles. The molecule has 36 heavy (non-hydrogen) atoms. The number of carbonyl (C=O) groups is 2. The van der Waals surface area contributed by atoms with E-state index in [1.165, 1.54) is 23.5 Å². The lowest BCUT2D eigenvalue weighted by atomic mass is 10.1. The fourth-order valence-corrected chi connectivity index (χ4v) is 5.97.